The highest BCUT2D eigenvalue weighted by atomic mass is 16.5. The number of pyridine rings is 1. The van der Waals surface area contributed by atoms with Gasteiger partial charge in [-0.3, -0.25) is 10.1 Å². The molecule has 0 radical (unpaired) electrons. The van der Waals surface area contributed by atoms with E-state index in [0.717, 1.165) is 0 Å². The molecule has 7 heteroatoms. The van der Waals surface area contributed by atoms with Crippen LogP contribution in [0.3, 0.4) is 0 Å². The first-order valence-corrected chi connectivity index (χ1v) is 4.94. The molecule has 1 rings (SSSR count). The van der Waals surface area contributed by atoms with Crippen LogP contribution in [0.15, 0.2) is 18.3 Å². The molecule has 92 valence electrons. The van der Waals surface area contributed by atoms with Crippen LogP contribution in [0, 0.1) is 0 Å². The summed E-state index contributed by atoms with van der Waals surface area (Å²) in [4.78, 5) is 26.2. The molecule has 0 fully saturated rings. The first kappa shape index (κ1) is 12.8. The smallest absolute Gasteiger partial charge is 0.321 e. The molecule has 0 aliphatic rings. The predicted octanol–water partition coefficient (Wildman–Crippen LogP) is -0.113. The van der Waals surface area contributed by atoms with Crippen molar-refractivity contribution in [2.24, 2.45) is 0 Å². The van der Waals surface area contributed by atoms with Crippen LogP contribution in [0.25, 0.3) is 0 Å². The number of aromatic nitrogens is 1. The van der Waals surface area contributed by atoms with Crippen molar-refractivity contribution in [3.05, 3.63) is 18.3 Å². The number of hydrogen-bond donors (Lipinski definition) is 3. The predicted molar refractivity (Wildman–Crippen MR) is 61.3 cm³/mol. The molecule has 7 nitrogen and oxygen atoms in total. The molecule has 1 aromatic rings. The quantitative estimate of drug-likeness (QED) is 0.681. The van der Waals surface area contributed by atoms with E-state index in [1.54, 1.807) is 12.1 Å². The molecule has 0 saturated carbocycles. The number of amides is 3. The minimum atomic E-state index is -0.848. The van der Waals surface area contributed by atoms with E-state index in [2.05, 4.69) is 15.6 Å². The number of carbonyl (C=O) groups is 2. The number of nitrogens with one attached hydrogen (secondary N) is 2. The SMILES string of the molecule is CNC(=O)NC(=O)C(C)Oc1cccnc1N. The van der Waals surface area contributed by atoms with E-state index >= 15 is 0 Å². The fourth-order valence-corrected chi connectivity index (χ4v) is 1.02. The van der Waals surface area contributed by atoms with Crippen LogP contribution in [0.4, 0.5) is 10.6 Å². The number of urea groups is 1. The zero-order chi connectivity index (χ0) is 12.8. The minimum Gasteiger partial charge on any atom is -0.477 e. The highest BCUT2D eigenvalue weighted by molar-refractivity contribution is 5.96. The number of anilines is 1. The highest BCUT2D eigenvalue weighted by Crippen LogP contribution is 2.18. The van der Waals surface area contributed by atoms with Crippen LogP contribution >= 0.6 is 0 Å². The van der Waals surface area contributed by atoms with Gasteiger partial charge in [0.1, 0.15) is 0 Å². The lowest BCUT2D eigenvalue weighted by molar-refractivity contribution is -0.126. The first-order chi connectivity index (χ1) is 8.04. The van der Waals surface area contributed by atoms with E-state index in [1.807, 2.05) is 0 Å². The van der Waals surface area contributed by atoms with Gasteiger partial charge in [-0.25, -0.2) is 9.78 Å². The number of nitrogens with zero attached hydrogens (tertiary/aromatic N) is 1. The van der Waals surface area contributed by atoms with E-state index in [0.29, 0.717) is 5.75 Å². The summed E-state index contributed by atoms with van der Waals surface area (Å²) in [6.07, 6.45) is 0.663. The molecule has 1 heterocycles. The molecule has 4 N–H and O–H groups in total. The second kappa shape index (κ2) is 5.69. The first-order valence-electron chi connectivity index (χ1n) is 4.94. The molecule has 1 aromatic heterocycles. The summed E-state index contributed by atoms with van der Waals surface area (Å²) in [5.74, 6) is -0.0771. The van der Waals surface area contributed by atoms with Crippen LogP contribution in [-0.4, -0.2) is 30.1 Å². The van der Waals surface area contributed by atoms with Gasteiger partial charge >= 0.3 is 6.03 Å². The number of ether oxygens (including phenoxy) is 1. The van der Waals surface area contributed by atoms with Crippen molar-refractivity contribution in [1.82, 2.24) is 15.6 Å². The average Bonchev–Trinajstić information content (AvgIpc) is 2.31. The Bertz CT molecular complexity index is 422. The van der Waals surface area contributed by atoms with Crippen LogP contribution in [0.5, 0.6) is 5.75 Å². The summed E-state index contributed by atoms with van der Waals surface area (Å²) in [5.41, 5.74) is 5.55. The van der Waals surface area contributed by atoms with Crippen LogP contribution in [-0.2, 0) is 4.79 Å². The second-order valence-electron chi connectivity index (χ2n) is 3.22. The second-order valence-corrected chi connectivity index (χ2v) is 3.22. The maximum absolute atomic E-state index is 11.5. The van der Waals surface area contributed by atoms with Gasteiger partial charge in [0.25, 0.3) is 5.91 Å². The Morgan fingerprint density at radius 1 is 1.53 bits per heavy atom. The molecule has 0 aliphatic heterocycles. The van der Waals surface area contributed by atoms with Crippen LogP contribution in [0.2, 0.25) is 0 Å². The molecule has 17 heavy (non-hydrogen) atoms. The lowest BCUT2D eigenvalue weighted by Gasteiger charge is -2.14. The van der Waals surface area contributed by atoms with Crippen LogP contribution < -0.4 is 21.1 Å². The summed E-state index contributed by atoms with van der Waals surface area (Å²) in [6, 6.07) is 2.63. The van der Waals surface area contributed by atoms with Gasteiger partial charge < -0.3 is 15.8 Å². The largest absolute Gasteiger partial charge is 0.477 e. The lowest BCUT2D eigenvalue weighted by atomic mass is 10.3. The third-order valence-electron chi connectivity index (χ3n) is 1.94. The van der Waals surface area contributed by atoms with E-state index < -0.39 is 18.0 Å². The third kappa shape index (κ3) is 3.63. The fraction of sp³-hybridized carbons (Fsp3) is 0.300. The van der Waals surface area contributed by atoms with Crippen LogP contribution in [0.1, 0.15) is 6.92 Å². The van der Waals surface area contributed by atoms with Gasteiger partial charge in [-0.2, -0.15) is 0 Å². The van der Waals surface area contributed by atoms with Crippen molar-refractivity contribution in [3.8, 4) is 5.75 Å². The number of rotatable bonds is 3. The Labute approximate surface area is 98.4 Å². The summed E-state index contributed by atoms with van der Waals surface area (Å²) >= 11 is 0. The molecular weight excluding hydrogens is 224 g/mol. The molecule has 0 aliphatic carbocycles. The minimum absolute atomic E-state index is 0.187. The third-order valence-corrected chi connectivity index (χ3v) is 1.94. The number of hydrogen-bond acceptors (Lipinski definition) is 5. The van der Waals surface area contributed by atoms with E-state index in [4.69, 9.17) is 10.5 Å². The molecule has 1 unspecified atom stereocenters. The summed E-state index contributed by atoms with van der Waals surface area (Å²) in [6.45, 7) is 1.50. The summed E-state index contributed by atoms with van der Waals surface area (Å²) < 4.78 is 5.27. The van der Waals surface area contributed by atoms with Crippen molar-refractivity contribution < 1.29 is 14.3 Å². The maximum Gasteiger partial charge on any atom is 0.321 e. The highest BCUT2D eigenvalue weighted by Gasteiger charge is 2.17. The Morgan fingerprint density at radius 3 is 2.82 bits per heavy atom. The molecule has 0 bridgehead atoms. The van der Waals surface area contributed by atoms with Crippen molar-refractivity contribution in [3.63, 3.8) is 0 Å². The van der Waals surface area contributed by atoms with Crippen molar-refractivity contribution >= 4 is 17.8 Å². The van der Waals surface area contributed by atoms with Crippen molar-refractivity contribution in [2.75, 3.05) is 12.8 Å². The fourth-order valence-electron chi connectivity index (χ4n) is 1.02. The normalized spacial score (nSPS) is 11.4. The molecule has 1 atom stereocenters. The zero-order valence-corrected chi connectivity index (χ0v) is 9.56. The molecule has 3 amide bonds. The summed E-state index contributed by atoms with van der Waals surface area (Å²) in [5, 5.41) is 4.36. The number of imide groups is 1. The van der Waals surface area contributed by atoms with Crippen molar-refractivity contribution in [2.45, 2.75) is 13.0 Å². The van der Waals surface area contributed by atoms with E-state index in [1.165, 1.54) is 20.2 Å². The topological polar surface area (TPSA) is 106 Å². The van der Waals surface area contributed by atoms with E-state index in [9.17, 15) is 9.59 Å². The molecular formula is C10H14N4O3. The van der Waals surface area contributed by atoms with Gasteiger partial charge in [-0.15, -0.1) is 0 Å². The standard InChI is InChI=1S/C10H14N4O3/c1-6(9(15)14-10(16)12-2)17-7-4-3-5-13-8(7)11/h3-6H,1-2H3,(H2,11,13)(H2,12,14,15,16). The molecule has 0 saturated heterocycles. The van der Waals surface area contributed by atoms with E-state index in [-0.39, 0.29) is 5.82 Å². The average molecular weight is 238 g/mol. The van der Waals surface area contributed by atoms with Gasteiger partial charge in [-0.1, -0.05) is 0 Å². The van der Waals surface area contributed by atoms with Gasteiger partial charge in [0.2, 0.25) is 0 Å². The number of nitrogen functional groups attached to an aromatic ring is 1. The monoisotopic (exact) mass is 238 g/mol. The van der Waals surface area contributed by atoms with Gasteiger partial charge in [0.05, 0.1) is 0 Å². The van der Waals surface area contributed by atoms with Gasteiger partial charge in [0, 0.05) is 13.2 Å². The zero-order valence-electron chi connectivity index (χ0n) is 9.56. The molecule has 0 aromatic carbocycles. The summed E-state index contributed by atoms with van der Waals surface area (Å²) in [7, 11) is 1.41. The van der Waals surface area contributed by atoms with Gasteiger partial charge in [0.15, 0.2) is 17.7 Å². The lowest BCUT2D eigenvalue weighted by Crippen LogP contribution is -2.44. The van der Waals surface area contributed by atoms with Crippen molar-refractivity contribution in [1.29, 1.82) is 0 Å². The molecule has 0 spiro atoms. The number of carbonyl (C=O) groups excluding carboxylic acids is 2. The number of nitrogens with two attached hydrogens (primary N) is 1. The Balaban J connectivity index is 2.60. The van der Waals surface area contributed by atoms with Gasteiger partial charge in [-0.05, 0) is 19.1 Å². The maximum atomic E-state index is 11.5. The Morgan fingerprint density at radius 2 is 2.24 bits per heavy atom. The Hall–Kier alpha value is -2.31. The Kier molecular flexibility index (Phi) is 4.27.